The number of ether oxygens (including phenoxy) is 1. The molecule has 160 valence electrons. The number of amides is 1. The van der Waals surface area contributed by atoms with Crippen molar-refractivity contribution in [2.75, 3.05) is 7.11 Å². The number of nitrogens with one attached hydrogen (secondary N) is 1. The average Bonchev–Trinajstić information content (AvgIpc) is 3.19. The molecule has 0 aliphatic heterocycles. The van der Waals surface area contributed by atoms with Gasteiger partial charge in [-0.3, -0.25) is 9.20 Å². The van der Waals surface area contributed by atoms with Crippen molar-refractivity contribution in [3.8, 4) is 5.75 Å². The van der Waals surface area contributed by atoms with Crippen molar-refractivity contribution in [2.45, 2.75) is 39.7 Å². The standard InChI is InChI=1S/C23H24N4O4/c1-13-16-8-10-18(30-4)14(2)21(16)31-23(29)17(13)9-11-20(28)24-15(3)22-26-25-19-7-5-6-12-27(19)22/h5-8,10,12,15H,9,11H2,1-4H3,(H,24,28). The van der Waals surface area contributed by atoms with Crippen LogP contribution in [0.4, 0.5) is 0 Å². The molecule has 0 aliphatic rings. The van der Waals surface area contributed by atoms with E-state index in [4.69, 9.17) is 9.15 Å². The molecule has 0 saturated carbocycles. The molecule has 0 spiro atoms. The van der Waals surface area contributed by atoms with Gasteiger partial charge < -0.3 is 14.5 Å². The first kappa shape index (κ1) is 20.6. The van der Waals surface area contributed by atoms with Crippen LogP contribution in [-0.4, -0.2) is 27.6 Å². The van der Waals surface area contributed by atoms with E-state index < -0.39 is 5.63 Å². The number of hydrogen-bond donors (Lipinski definition) is 1. The summed E-state index contributed by atoms with van der Waals surface area (Å²) in [7, 11) is 1.58. The molecule has 8 nitrogen and oxygen atoms in total. The monoisotopic (exact) mass is 420 g/mol. The lowest BCUT2D eigenvalue weighted by molar-refractivity contribution is -0.121. The van der Waals surface area contributed by atoms with E-state index in [1.807, 2.05) is 61.7 Å². The summed E-state index contributed by atoms with van der Waals surface area (Å²) in [4.78, 5) is 25.2. The Bertz CT molecular complexity index is 1340. The molecule has 0 saturated heterocycles. The van der Waals surface area contributed by atoms with Gasteiger partial charge in [-0.2, -0.15) is 0 Å². The lowest BCUT2D eigenvalue weighted by Crippen LogP contribution is -2.28. The maximum atomic E-state index is 12.6. The Hall–Kier alpha value is -3.68. The molecular weight excluding hydrogens is 396 g/mol. The van der Waals surface area contributed by atoms with Crippen molar-refractivity contribution < 1.29 is 13.9 Å². The van der Waals surface area contributed by atoms with E-state index in [1.54, 1.807) is 7.11 Å². The minimum atomic E-state index is -0.425. The molecule has 31 heavy (non-hydrogen) atoms. The quantitative estimate of drug-likeness (QED) is 0.481. The Labute approximate surface area is 178 Å². The van der Waals surface area contributed by atoms with Crippen LogP contribution in [0.15, 0.2) is 45.7 Å². The Morgan fingerprint density at radius 3 is 2.77 bits per heavy atom. The number of benzene rings is 1. The second kappa shape index (κ2) is 8.22. The zero-order chi connectivity index (χ0) is 22.1. The van der Waals surface area contributed by atoms with Gasteiger partial charge in [0, 0.05) is 29.1 Å². The lowest BCUT2D eigenvalue weighted by Gasteiger charge is -2.13. The Balaban J connectivity index is 1.51. The van der Waals surface area contributed by atoms with Crippen LogP contribution < -0.4 is 15.7 Å². The fraction of sp³-hybridized carbons (Fsp3) is 0.304. The number of pyridine rings is 1. The van der Waals surface area contributed by atoms with Crippen molar-refractivity contribution >= 4 is 22.5 Å². The molecule has 4 rings (SSSR count). The van der Waals surface area contributed by atoms with Crippen molar-refractivity contribution in [1.29, 1.82) is 0 Å². The number of aryl methyl sites for hydroxylation is 2. The largest absolute Gasteiger partial charge is 0.496 e. The number of carbonyl (C=O) groups excluding carboxylic acids is 1. The number of carbonyl (C=O) groups is 1. The third-order valence-electron chi connectivity index (χ3n) is 5.58. The number of fused-ring (bicyclic) bond motifs is 2. The normalized spacial score (nSPS) is 12.3. The SMILES string of the molecule is COc1ccc2c(C)c(CCC(=O)NC(C)c3nnc4ccccn34)c(=O)oc2c1C. The lowest BCUT2D eigenvalue weighted by atomic mass is 10.00. The Morgan fingerprint density at radius 1 is 1.19 bits per heavy atom. The van der Waals surface area contributed by atoms with E-state index in [2.05, 4.69) is 15.5 Å². The average molecular weight is 420 g/mol. The molecule has 1 amide bonds. The topological polar surface area (TPSA) is 98.7 Å². The van der Waals surface area contributed by atoms with Gasteiger partial charge in [-0.25, -0.2) is 4.79 Å². The molecule has 3 heterocycles. The van der Waals surface area contributed by atoms with Crippen molar-refractivity contribution in [1.82, 2.24) is 19.9 Å². The highest BCUT2D eigenvalue weighted by Gasteiger charge is 2.18. The summed E-state index contributed by atoms with van der Waals surface area (Å²) in [6, 6.07) is 9.02. The number of hydrogen-bond acceptors (Lipinski definition) is 6. The smallest absolute Gasteiger partial charge is 0.339 e. The number of aromatic nitrogens is 3. The molecule has 0 aliphatic carbocycles. The second-order valence-corrected chi connectivity index (χ2v) is 7.54. The highest BCUT2D eigenvalue weighted by atomic mass is 16.5. The van der Waals surface area contributed by atoms with Crippen LogP contribution in [0.25, 0.3) is 16.6 Å². The van der Waals surface area contributed by atoms with E-state index in [0.717, 1.165) is 22.2 Å². The predicted octanol–water partition coefficient (Wildman–Crippen LogP) is 3.27. The van der Waals surface area contributed by atoms with Gasteiger partial charge in [-0.1, -0.05) is 6.07 Å². The van der Waals surface area contributed by atoms with E-state index >= 15 is 0 Å². The van der Waals surface area contributed by atoms with Crippen molar-refractivity contribution in [3.63, 3.8) is 0 Å². The van der Waals surface area contributed by atoms with Crippen LogP contribution >= 0.6 is 0 Å². The fourth-order valence-electron chi connectivity index (χ4n) is 3.85. The molecule has 3 aromatic heterocycles. The van der Waals surface area contributed by atoms with Gasteiger partial charge in [-0.15, -0.1) is 10.2 Å². The van der Waals surface area contributed by atoms with Crippen LogP contribution in [0.2, 0.25) is 0 Å². The van der Waals surface area contributed by atoms with Gasteiger partial charge in [0.05, 0.1) is 13.2 Å². The van der Waals surface area contributed by atoms with Gasteiger partial charge in [-0.05, 0) is 57.0 Å². The third-order valence-corrected chi connectivity index (χ3v) is 5.58. The predicted molar refractivity (Wildman–Crippen MR) is 116 cm³/mol. The van der Waals surface area contributed by atoms with Gasteiger partial charge in [0.15, 0.2) is 11.5 Å². The molecule has 0 bridgehead atoms. The Kier molecular flexibility index (Phi) is 5.46. The van der Waals surface area contributed by atoms with Crippen LogP contribution in [0.3, 0.4) is 0 Å². The minimum Gasteiger partial charge on any atom is -0.496 e. The summed E-state index contributed by atoms with van der Waals surface area (Å²) in [5.74, 6) is 1.14. The van der Waals surface area contributed by atoms with Gasteiger partial charge in [0.2, 0.25) is 5.91 Å². The molecular formula is C23H24N4O4. The highest BCUT2D eigenvalue weighted by Crippen LogP contribution is 2.29. The second-order valence-electron chi connectivity index (χ2n) is 7.54. The summed E-state index contributed by atoms with van der Waals surface area (Å²) in [5, 5.41) is 12.1. The van der Waals surface area contributed by atoms with Crippen LogP contribution in [-0.2, 0) is 11.2 Å². The molecule has 8 heteroatoms. The van der Waals surface area contributed by atoms with Crippen molar-refractivity contribution in [2.24, 2.45) is 0 Å². The highest BCUT2D eigenvalue weighted by molar-refractivity contribution is 5.86. The zero-order valence-corrected chi connectivity index (χ0v) is 17.9. The van der Waals surface area contributed by atoms with E-state index in [-0.39, 0.29) is 24.8 Å². The van der Waals surface area contributed by atoms with Gasteiger partial charge in [0.25, 0.3) is 0 Å². The molecule has 0 radical (unpaired) electrons. The summed E-state index contributed by atoms with van der Waals surface area (Å²) < 4.78 is 12.7. The molecule has 1 unspecified atom stereocenters. The molecule has 1 N–H and O–H groups in total. The van der Waals surface area contributed by atoms with Gasteiger partial charge in [0.1, 0.15) is 11.3 Å². The molecule has 1 atom stereocenters. The Morgan fingerprint density at radius 2 is 2.00 bits per heavy atom. The maximum absolute atomic E-state index is 12.6. The first-order chi connectivity index (χ1) is 14.9. The maximum Gasteiger partial charge on any atom is 0.339 e. The summed E-state index contributed by atoms with van der Waals surface area (Å²) in [6.45, 7) is 5.59. The molecule has 1 aromatic carbocycles. The number of rotatable bonds is 6. The van der Waals surface area contributed by atoms with Crippen LogP contribution in [0.1, 0.15) is 41.9 Å². The molecule has 0 fully saturated rings. The molecule has 4 aromatic rings. The summed E-state index contributed by atoms with van der Waals surface area (Å²) in [6.07, 6.45) is 2.30. The number of nitrogens with zero attached hydrogens (tertiary/aromatic N) is 3. The van der Waals surface area contributed by atoms with Crippen LogP contribution in [0, 0.1) is 13.8 Å². The van der Waals surface area contributed by atoms with E-state index in [0.29, 0.717) is 22.7 Å². The zero-order valence-electron chi connectivity index (χ0n) is 17.9. The van der Waals surface area contributed by atoms with Gasteiger partial charge >= 0.3 is 5.63 Å². The third kappa shape index (κ3) is 3.76. The van der Waals surface area contributed by atoms with E-state index in [1.165, 1.54) is 0 Å². The van der Waals surface area contributed by atoms with Crippen molar-refractivity contribution in [3.05, 3.63) is 69.5 Å². The van der Waals surface area contributed by atoms with Crippen LogP contribution in [0.5, 0.6) is 5.75 Å². The number of methoxy groups -OCH3 is 1. The first-order valence-corrected chi connectivity index (χ1v) is 10.1. The summed E-state index contributed by atoms with van der Waals surface area (Å²) >= 11 is 0. The summed E-state index contributed by atoms with van der Waals surface area (Å²) in [5.41, 5.74) is 2.91. The minimum absolute atomic E-state index is 0.160. The first-order valence-electron chi connectivity index (χ1n) is 10.1. The van der Waals surface area contributed by atoms with E-state index in [9.17, 15) is 9.59 Å². The fourth-order valence-corrected chi connectivity index (χ4v) is 3.85.